The van der Waals surface area contributed by atoms with E-state index in [-0.39, 0.29) is 12.0 Å². The predicted octanol–water partition coefficient (Wildman–Crippen LogP) is 2.10. The molecule has 2 heterocycles. The molecular weight excluding hydrogens is 306 g/mol. The molecule has 0 bridgehead atoms. The average Bonchev–Trinajstić information content (AvgIpc) is 2.63. The SMILES string of the molecule is COc1ccc(OC2CCCN(C(=O)Cc3ccccc3)C2)nn1. The summed E-state index contributed by atoms with van der Waals surface area (Å²) in [5.41, 5.74) is 1.03. The van der Waals surface area contributed by atoms with E-state index < -0.39 is 0 Å². The fourth-order valence-corrected chi connectivity index (χ4v) is 2.79. The lowest BCUT2D eigenvalue weighted by Gasteiger charge is -2.32. The molecule has 1 fully saturated rings. The van der Waals surface area contributed by atoms with Gasteiger partial charge in [0.2, 0.25) is 17.7 Å². The molecule has 0 radical (unpaired) electrons. The highest BCUT2D eigenvalue weighted by Gasteiger charge is 2.25. The van der Waals surface area contributed by atoms with Gasteiger partial charge in [-0.15, -0.1) is 10.2 Å². The summed E-state index contributed by atoms with van der Waals surface area (Å²) in [6.07, 6.45) is 2.20. The molecule has 1 unspecified atom stereocenters. The van der Waals surface area contributed by atoms with Crippen LogP contribution in [0.4, 0.5) is 0 Å². The van der Waals surface area contributed by atoms with E-state index in [0.717, 1.165) is 24.9 Å². The number of aromatic nitrogens is 2. The number of carbonyl (C=O) groups excluding carboxylic acids is 1. The lowest BCUT2D eigenvalue weighted by atomic mass is 10.1. The van der Waals surface area contributed by atoms with Gasteiger partial charge in [0.1, 0.15) is 6.10 Å². The lowest BCUT2D eigenvalue weighted by Crippen LogP contribution is -2.45. The predicted molar refractivity (Wildman–Crippen MR) is 89.0 cm³/mol. The van der Waals surface area contributed by atoms with Crippen molar-refractivity contribution in [3.63, 3.8) is 0 Å². The Labute approximate surface area is 141 Å². The summed E-state index contributed by atoms with van der Waals surface area (Å²) in [4.78, 5) is 14.3. The topological polar surface area (TPSA) is 64.6 Å². The first-order valence-corrected chi connectivity index (χ1v) is 8.10. The molecule has 1 aliphatic heterocycles. The molecule has 0 N–H and O–H groups in total. The number of benzene rings is 1. The van der Waals surface area contributed by atoms with Gasteiger partial charge in [0.15, 0.2) is 0 Å². The van der Waals surface area contributed by atoms with E-state index >= 15 is 0 Å². The molecule has 1 aromatic heterocycles. The standard InChI is InChI=1S/C18H21N3O3/c1-23-16-9-10-17(20-19-16)24-15-8-5-11-21(13-15)18(22)12-14-6-3-2-4-7-14/h2-4,6-7,9-10,15H,5,8,11-13H2,1H3. The van der Waals surface area contributed by atoms with Crippen molar-refractivity contribution >= 4 is 5.91 Å². The Kier molecular flexibility index (Phi) is 5.25. The number of piperidine rings is 1. The second-order valence-corrected chi connectivity index (χ2v) is 5.80. The maximum atomic E-state index is 12.5. The van der Waals surface area contributed by atoms with Crippen LogP contribution in [0.15, 0.2) is 42.5 Å². The highest BCUT2D eigenvalue weighted by Crippen LogP contribution is 2.18. The van der Waals surface area contributed by atoms with Crippen molar-refractivity contribution in [1.82, 2.24) is 15.1 Å². The van der Waals surface area contributed by atoms with Crippen molar-refractivity contribution in [1.29, 1.82) is 0 Å². The van der Waals surface area contributed by atoms with Crippen LogP contribution in [-0.2, 0) is 11.2 Å². The van der Waals surface area contributed by atoms with Crippen LogP contribution in [0.1, 0.15) is 18.4 Å². The third-order valence-electron chi connectivity index (χ3n) is 4.04. The molecular formula is C18H21N3O3. The van der Waals surface area contributed by atoms with Crippen molar-refractivity contribution in [3.8, 4) is 11.8 Å². The van der Waals surface area contributed by atoms with Gasteiger partial charge in [-0.2, -0.15) is 0 Å². The fourth-order valence-electron chi connectivity index (χ4n) is 2.79. The number of carbonyl (C=O) groups is 1. The summed E-state index contributed by atoms with van der Waals surface area (Å²) in [5.74, 6) is 1.04. The van der Waals surface area contributed by atoms with Gasteiger partial charge in [-0.25, -0.2) is 0 Å². The Morgan fingerprint density at radius 1 is 1.17 bits per heavy atom. The van der Waals surface area contributed by atoms with E-state index in [4.69, 9.17) is 9.47 Å². The van der Waals surface area contributed by atoms with Crippen LogP contribution >= 0.6 is 0 Å². The minimum atomic E-state index is -0.0545. The monoisotopic (exact) mass is 327 g/mol. The minimum Gasteiger partial charge on any atom is -0.480 e. The van der Waals surface area contributed by atoms with Crippen LogP contribution in [0, 0.1) is 0 Å². The number of likely N-dealkylation sites (tertiary alicyclic amines) is 1. The molecule has 1 amide bonds. The van der Waals surface area contributed by atoms with Crippen LogP contribution in [0.2, 0.25) is 0 Å². The Balaban J connectivity index is 1.56. The van der Waals surface area contributed by atoms with Gasteiger partial charge in [-0.05, 0) is 18.4 Å². The van der Waals surface area contributed by atoms with Crippen LogP contribution in [0.5, 0.6) is 11.8 Å². The van der Waals surface area contributed by atoms with Gasteiger partial charge in [0, 0.05) is 18.7 Å². The zero-order valence-corrected chi connectivity index (χ0v) is 13.7. The number of hydrogen-bond acceptors (Lipinski definition) is 5. The van der Waals surface area contributed by atoms with Gasteiger partial charge >= 0.3 is 0 Å². The third kappa shape index (κ3) is 4.22. The highest BCUT2D eigenvalue weighted by atomic mass is 16.5. The fraction of sp³-hybridized carbons (Fsp3) is 0.389. The minimum absolute atomic E-state index is 0.0545. The number of rotatable bonds is 5. The van der Waals surface area contributed by atoms with E-state index in [1.165, 1.54) is 0 Å². The molecule has 1 saturated heterocycles. The number of nitrogens with zero attached hydrogens (tertiary/aromatic N) is 3. The van der Waals surface area contributed by atoms with E-state index in [1.807, 2.05) is 35.2 Å². The first-order chi connectivity index (χ1) is 11.7. The van der Waals surface area contributed by atoms with E-state index in [1.54, 1.807) is 19.2 Å². The summed E-state index contributed by atoms with van der Waals surface area (Å²) in [6, 6.07) is 13.3. The molecule has 6 heteroatoms. The first-order valence-electron chi connectivity index (χ1n) is 8.10. The number of ether oxygens (including phenoxy) is 2. The Hall–Kier alpha value is -2.63. The smallest absolute Gasteiger partial charge is 0.233 e. The maximum Gasteiger partial charge on any atom is 0.233 e. The Morgan fingerprint density at radius 3 is 2.62 bits per heavy atom. The van der Waals surface area contributed by atoms with Crippen LogP contribution in [0.3, 0.4) is 0 Å². The second-order valence-electron chi connectivity index (χ2n) is 5.80. The Bertz CT molecular complexity index is 661. The number of amides is 1. The summed E-state index contributed by atoms with van der Waals surface area (Å²) in [5, 5.41) is 7.88. The average molecular weight is 327 g/mol. The second kappa shape index (κ2) is 7.77. The molecule has 0 spiro atoms. The molecule has 1 aromatic carbocycles. The number of methoxy groups -OCH3 is 1. The summed E-state index contributed by atoms with van der Waals surface area (Å²) in [6.45, 7) is 1.36. The molecule has 2 aromatic rings. The first kappa shape index (κ1) is 16.2. The molecule has 0 aliphatic carbocycles. The van der Waals surface area contributed by atoms with Crippen molar-refractivity contribution in [3.05, 3.63) is 48.0 Å². The zero-order chi connectivity index (χ0) is 16.8. The molecule has 1 atom stereocenters. The molecule has 0 saturated carbocycles. The van der Waals surface area contributed by atoms with Crippen LogP contribution < -0.4 is 9.47 Å². The molecule has 24 heavy (non-hydrogen) atoms. The zero-order valence-electron chi connectivity index (χ0n) is 13.7. The molecule has 3 rings (SSSR count). The van der Waals surface area contributed by atoms with E-state index in [2.05, 4.69) is 10.2 Å². The molecule has 6 nitrogen and oxygen atoms in total. The van der Waals surface area contributed by atoms with Gasteiger partial charge in [-0.1, -0.05) is 30.3 Å². The van der Waals surface area contributed by atoms with Crippen molar-refractivity contribution in [2.75, 3.05) is 20.2 Å². The van der Waals surface area contributed by atoms with Gasteiger partial charge < -0.3 is 14.4 Å². The van der Waals surface area contributed by atoms with Crippen molar-refractivity contribution in [2.24, 2.45) is 0 Å². The van der Waals surface area contributed by atoms with E-state index in [9.17, 15) is 4.79 Å². The highest BCUT2D eigenvalue weighted by molar-refractivity contribution is 5.78. The Morgan fingerprint density at radius 2 is 1.92 bits per heavy atom. The quantitative estimate of drug-likeness (QED) is 0.841. The van der Waals surface area contributed by atoms with E-state index in [0.29, 0.717) is 24.7 Å². The number of hydrogen-bond donors (Lipinski definition) is 0. The maximum absolute atomic E-state index is 12.5. The third-order valence-corrected chi connectivity index (χ3v) is 4.04. The van der Waals surface area contributed by atoms with Crippen molar-refractivity contribution in [2.45, 2.75) is 25.4 Å². The summed E-state index contributed by atoms with van der Waals surface area (Å²) in [7, 11) is 1.54. The lowest BCUT2D eigenvalue weighted by molar-refractivity contribution is -0.133. The summed E-state index contributed by atoms with van der Waals surface area (Å²) < 4.78 is 10.8. The normalized spacial score (nSPS) is 17.4. The van der Waals surface area contributed by atoms with Crippen LogP contribution in [0.25, 0.3) is 0 Å². The molecule has 1 aliphatic rings. The summed E-state index contributed by atoms with van der Waals surface area (Å²) >= 11 is 0. The van der Waals surface area contributed by atoms with Crippen LogP contribution in [-0.4, -0.2) is 47.3 Å². The largest absolute Gasteiger partial charge is 0.480 e. The van der Waals surface area contributed by atoms with Gasteiger partial charge in [-0.3, -0.25) is 4.79 Å². The van der Waals surface area contributed by atoms with Crippen molar-refractivity contribution < 1.29 is 14.3 Å². The van der Waals surface area contributed by atoms with Gasteiger partial charge in [0.25, 0.3) is 0 Å². The van der Waals surface area contributed by atoms with Gasteiger partial charge in [0.05, 0.1) is 20.1 Å². The molecule has 126 valence electrons.